The fourth-order valence-corrected chi connectivity index (χ4v) is 3.56. The van der Waals surface area contributed by atoms with Gasteiger partial charge < -0.3 is 31.9 Å². The van der Waals surface area contributed by atoms with Gasteiger partial charge >= 0.3 is 11.9 Å². The number of nitrogens with two attached hydrogens (primary N) is 1. The summed E-state index contributed by atoms with van der Waals surface area (Å²) in [4.78, 5) is 61.3. The van der Waals surface area contributed by atoms with Crippen molar-refractivity contribution in [3.8, 4) is 0 Å². The number of carbonyl (C=O) groups excluding carboxylic acids is 3. The maximum Gasteiger partial charge on any atom is 0.326 e. The zero-order chi connectivity index (χ0) is 27.4. The van der Waals surface area contributed by atoms with Crippen molar-refractivity contribution < 1.29 is 34.2 Å². The molecule has 0 saturated carbocycles. The second-order valence-corrected chi connectivity index (χ2v) is 8.65. The molecule has 4 unspecified atom stereocenters. The molecule has 198 valence electrons. The van der Waals surface area contributed by atoms with Crippen molar-refractivity contribution in [2.45, 2.75) is 43.4 Å². The van der Waals surface area contributed by atoms with Gasteiger partial charge in [0.05, 0.1) is 12.5 Å². The number of nitrogens with one attached hydrogen (secondary N) is 3. The molecule has 0 radical (unpaired) electrons. The number of aliphatic carboxylic acids is 2. The quantitative estimate of drug-likeness (QED) is 0.163. The van der Waals surface area contributed by atoms with Crippen LogP contribution in [0.25, 0.3) is 0 Å². The summed E-state index contributed by atoms with van der Waals surface area (Å²) in [7, 11) is 0. The number of carboxylic acids is 2. The maximum atomic E-state index is 13.3. The molecular formula is C25H30N4O7S. The first kappa shape index (κ1) is 29.3. The van der Waals surface area contributed by atoms with Crippen LogP contribution in [0.15, 0.2) is 60.7 Å². The summed E-state index contributed by atoms with van der Waals surface area (Å²) < 4.78 is 0. The van der Waals surface area contributed by atoms with E-state index in [2.05, 4.69) is 28.6 Å². The number of hydrogen-bond acceptors (Lipinski definition) is 7. The van der Waals surface area contributed by atoms with E-state index in [1.54, 1.807) is 60.7 Å². The molecule has 0 bridgehead atoms. The lowest BCUT2D eigenvalue weighted by atomic mass is 10.0. The van der Waals surface area contributed by atoms with Crippen LogP contribution in [-0.2, 0) is 36.8 Å². The van der Waals surface area contributed by atoms with Gasteiger partial charge in [0, 0.05) is 18.6 Å². The minimum absolute atomic E-state index is 0.0139. The van der Waals surface area contributed by atoms with Crippen molar-refractivity contribution in [3.05, 3.63) is 71.8 Å². The molecule has 0 aliphatic rings. The highest BCUT2D eigenvalue weighted by Gasteiger charge is 2.31. The predicted molar refractivity (Wildman–Crippen MR) is 138 cm³/mol. The van der Waals surface area contributed by atoms with Crippen LogP contribution < -0.4 is 21.7 Å². The molecule has 12 heteroatoms. The molecule has 0 aliphatic carbocycles. The molecule has 2 rings (SSSR count). The molecule has 0 spiro atoms. The molecule has 7 N–H and O–H groups in total. The average molecular weight is 531 g/mol. The normalized spacial score (nSPS) is 13.9. The van der Waals surface area contributed by atoms with Crippen molar-refractivity contribution >= 4 is 42.3 Å². The summed E-state index contributed by atoms with van der Waals surface area (Å²) in [6.45, 7) is 0. The van der Waals surface area contributed by atoms with E-state index < -0.39 is 60.2 Å². The Morgan fingerprint density at radius 1 is 0.703 bits per heavy atom. The van der Waals surface area contributed by atoms with E-state index in [1.807, 2.05) is 0 Å². The van der Waals surface area contributed by atoms with Gasteiger partial charge in [0.1, 0.15) is 18.1 Å². The Hall–Kier alpha value is -3.90. The summed E-state index contributed by atoms with van der Waals surface area (Å²) >= 11 is 4.01. The summed E-state index contributed by atoms with van der Waals surface area (Å²) in [6, 6.07) is 12.5. The summed E-state index contributed by atoms with van der Waals surface area (Å²) in [5.41, 5.74) is 7.14. The standard InChI is InChI=1S/C25H30N4O7S/c26-17(14-37)22(32)27-18(11-15-7-3-1-4-8-15)23(33)28-19(12-16-9-5-2-6-10-16)24(34)29-20(25(35)36)13-21(30)31/h1-10,17-20,37H,11-14,26H2,(H,27,32)(H,28,33)(H,29,34)(H,30,31)(H,35,36). The highest BCUT2D eigenvalue weighted by atomic mass is 32.1. The Morgan fingerprint density at radius 2 is 1.11 bits per heavy atom. The fraction of sp³-hybridized carbons (Fsp3) is 0.320. The molecule has 4 atom stereocenters. The van der Waals surface area contributed by atoms with Crippen molar-refractivity contribution in [1.82, 2.24) is 16.0 Å². The van der Waals surface area contributed by atoms with Gasteiger partial charge in [-0.2, -0.15) is 12.6 Å². The lowest BCUT2D eigenvalue weighted by Gasteiger charge is -2.25. The van der Waals surface area contributed by atoms with Gasteiger partial charge in [-0.25, -0.2) is 4.79 Å². The highest BCUT2D eigenvalue weighted by Crippen LogP contribution is 2.08. The van der Waals surface area contributed by atoms with E-state index in [-0.39, 0.29) is 18.6 Å². The van der Waals surface area contributed by atoms with E-state index in [4.69, 9.17) is 10.8 Å². The number of rotatable bonds is 14. The largest absolute Gasteiger partial charge is 0.481 e. The van der Waals surface area contributed by atoms with Crippen LogP contribution in [0.1, 0.15) is 17.5 Å². The number of carboxylic acid groups (broad SMARTS) is 2. The number of amides is 3. The first-order valence-corrected chi connectivity index (χ1v) is 12.0. The number of thiol groups is 1. The predicted octanol–water partition coefficient (Wildman–Crippen LogP) is -0.257. The van der Waals surface area contributed by atoms with E-state index in [0.29, 0.717) is 5.56 Å². The zero-order valence-electron chi connectivity index (χ0n) is 19.9. The Labute approximate surface area is 219 Å². The number of benzene rings is 2. The molecule has 2 aromatic rings. The molecule has 2 aromatic carbocycles. The van der Waals surface area contributed by atoms with Crippen molar-refractivity contribution in [2.75, 3.05) is 5.75 Å². The second-order valence-electron chi connectivity index (χ2n) is 8.29. The van der Waals surface area contributed by atoms with Crippen LogP contribution in [0.5, 0.6) is 0 Å². The van der Waals surface area contributed by atoms with Crippen LogP contribution in [-0.4, -0.2) is 69.8 Å². The van der Waals surface area contributed by atoms with E-state index in [0.717, 1.165) is 5.56 Å². The molecule has 0 fully saturated rings. The Bertz CT molecular complexity index is 1080. The SMILES string of the molecule is NC(CS)C(=O)NC(Cc1ccccc1)C(=O)NC(Cc1ccccc1)C(=O)NC(CC(=O)O)C(=O)O. The minimum atomic E-state index is -1.70. The average Bonchev–Trinajstić information content (AvgIpc) is 2.87. The molecule has 0 aromatic heterocycles. The Kier molecular flexibility index (Phi) is 11.6. The van der Waals surface area contributed by atoms with Crippen molar-refractivity contribution in [1.29, 1.82) is 0 Å². The summed E-state index contributed by atoms with van der Waals surface area (Å²) in [5.74, 6) is -5.10. The van der Waals surface area contributed by atoms with Gasteiger partial charge in [0.15, 0.2) is 0 Å². The van der Waals surface area contributed by atoms with Gasteiger partial charge in [-0.05, 0) is 11.1 Å². The third-order valence-electron chi connectivity index (χ3n) is 5.36. The third-order valence-corrected chi connectivity index (χ3v) is 5.75. The van der Waals surface area contributed by atoms with Crippen LogP contribution >= 0.6 is 12.6 Å². The molecule has 0 saturated heterocycles. The van der Waals surface area contributed by atoms with Crippen LogP contribution in [0, 0.1) is 0 Å². The van der Waals surface area contributed by atoms with E-state index in [9.17, 15) is 29.1 Å². The lowest BCUT2D eigenvalue weighted by Crippen LogP contribution is -2.58. The summed E-state index contributed by atoms with van der Waals surface area (Å²) in [6.07, 6.45) is -0.768. The lowest BCUT2D eigenvalue weighted by molar-refractivity contribution is -0.147. The molecule has 0 heterocycles. The van der Waals surface area contributed by atoms with Gasteiger partial charge in [-0.15, -0.1) is 0 Å². The number of hydrogen-bond donors (Lipinski definition) is 7. The van der Waals surface area contributed by atoms with Crippen LogP contribution in [0.4, 0.5) is 0 Å². The minimum Gasteiger partial charge on any atom is -0.481 e. The molecule has 0 aliphatic heterocycles. The van der Waals surface area contributed by atoms with E-state index in [1.165, 1.54) is 0 Å². The third kappa shape index (κ3) is 9.94. The first-order chi connectivity index (χ1) is 17.6. The van der Waals surface area contributed by atoms with Gasteiger partial charge in [0.25, 0.3) is 0 Å². The second kappa shape index (κ2) is 14.6. The fourth-order valence-electron chi connectivity index (χ4n) is 3.40. The topological polar surface area (TPSA) is 188 Å². The number of carbonyl (C=O) groups is 5. The van der Waals surface area contributed by atoms with Crippen LogP contribution in [0.2, 0.25) is 0 Å². The monoisotopic (exact) mass is 530 g/mol. The van der Waals surface area contributed by atoms with E-state index >= 15 is 0 Å². The smallest absolute Gasteiger partial charge is 0.326 e. The van der Waals surface area contributed by atoms with Gasteiger partial charge in [0.2, 0.25) is 17.7 Å². The summed E-state index contributed by atoms with van der Waals surface area (Å²) in [5, 5.41) is 25.6. The highest BCUT2D eigenvalue weighted by molar-refractivity contribution is 7.80. The van der Waals surface area contributed by atoms with Crippen molar-refractivity contribution in [2.24, 2.45) is 5.73 Å². The van der Waals surface area contributed by atoms with Gasteiger partial charge in [-0.3, -0.25) is 19.2 Å². The zero-order valence-corrected chi connectivity index (χ0v) is 20.8. The molecular weight excluding hydrogens is 500 g/mol. The van der Waals surface area contributed by atoms with Gasteiger partial charge in [-0.1, -0.05) is 60.7 Å². The first-order valence-electron chi connectivity index (χ1n) is 11.4. The van der Waals surface area contributed by atoms with Crippen molar-refractivity contribution in [3.63, 3.8) is 0 Å². The van der Waals surface area contributed by atoms with Crippen LogP contribution in [0.3, 0.4) is 0 Å². The Balaban J connectivity index is 2.29. The maximum absolute atomic E-state index is 13.3. The molecule has 37 heavy (non-hydrogen) atoms. The molecule has 11 nitrogen and oxygen atoms in total. The Morgan fingerprint density at radius 3 is 1.49 bits per heavy atom. The molecule has 3 amide bonds.